The van der Waals surface area contributed by atoms with Crippen LogP contribution in [0.5, 0.6) is 0 Å². The van der Waals surface area contributed by atoms with Gasteiger partial charge in [-0.3, -0.25) is 0 Å². The first-order valence-electron chi connectivity index (χ1n) is 6.21. The first-order valence-corrected chi connectivity index (χ1v) is 6.21. The fourth-order valence-corrected chi connectivity index (χ4v) is 1.99. The average molecular weight is 220 g/mol. The van der Waals surface area contributed by atoms with Gasteiger partial charge in [0.2, 0.25) is 0 Å². The van der Waals surface area contributed by atoms with Gasteiger partial charge in [-0.25, -0.2) is 0 Å². The molecule has 2 nitrogen and oxygen atoms in total. The number of benzene rings is 1. The van der Waals surface area contributed by atoms with Crippen molar-refractivity contribution < 1.29 is 0 Å². The van der Waals surface area contributed by atoms with Gasteiger partial charge >= 0.3 is 0 Å². The molecule has 0 unspecified atom stereocenters. The SMILES string of the molecule is CCCN(CCC)c1cc(C)c(C)cc1N. The minimum atomic E-state index is 0.907. The third kappa shape index (κ3) is 2.91. The summed E-state index contributed by atoms with van der Waals surface area (Å²) in [4.78, 5) is 2.39. The van der Waals surface area contributed by atoms with Crippen molar-refractivity contribution in [1.82, 2.24) is 0 Å². The van der Waals surface area contributed by atoms with E-state index in [1.807, 2.05) is 0 Å². The molecule has 0 aliphatic rings. The van der Waals surface area contributed by atoms with E-state index in [-0.39, 0.29) is 0 Å². The van der Waals surface area contributed by atoms with Gasteiger partial charge in [-0.1, -0.05) is 13.8 Å². The van der Waals surface area contributed by atoms with Crippen LogP contribution in [0.4, 0.5) is 11.4 Å². The highest BCUT2D eigenvalue weighted by Gasteiger charge is 2.09. The smallest absolute Gasteiger partial charge is 0.0602 e. The van der Waals surface area contributed by atoms with Crippen molar-refractivity contribution in [2.45, 2.75) is 40.5 Å². The second-order valence-electron chi connectivity index (χ2n) is 4.48. The molecule has 0 aromatic heterocycles. The lowest BCUT2D eigenvalue weighted by Gasteiger charge is -2.26. The number of hydrogen-bond acceptors (Lipinski definition) is 2. The summed E-state index contributed by atoms with van der Waals surface area (Å²) in [5, 5.41) is 0. The zero-order valence-corrected chi connectivity index (χ0v) is 11.0. The van der Waals surface area contributed by atoms with E-state index in [2.05, 4.69) is 44.7 Å². The standard InChI is InChI=1S/C14H24N2/c1-5-7-16(8-6-2)14-10-12(4)11(3)9-13(14)15/h9-10H,5-8,15H2,1-4H3. The van der Waals surface area contributed by atoms with Crippen LogP contribution < -0.4 is 10.6 Å². The van der Waals surface area contributed by atoms with Crippen molar-refractivity contribution in [3.05, 3.63) is 23.3 Å². The second kappa shape index (κ2) is 5.78. The lowest BCUT2D eigenvalue weighted by atomic mass is 10.1. The first-order chi connectivity index (χ1) is 7.60. The summed E-state index contributed by atoms with van der Waals surface area (Å²) in [6.07, 6.45) is 2.32. The average Bonchev–Trinajstić information content (AvgIpc) is 2.23. The monoisotopic (exact) mass is 220 g/mol. The molecule has 1 aromatic rings. The van der Waals surface area contributed by atoms with E-state index in [1.54, 1.807) is 0 Å². The number of nitrogens with zero attached hydrogens (tertiary/aromatic N) is 1. The molecule has 0 atom stereocenters. The Labute approximate surface area is 99.5 Å². The van der Waals surface area contributed by atoms with Gasteiger partial charge in [-0.15, -0.1) is 0 Å². The lowest BCUT2D eigenvalue weighted by molar-refractivity contribution is 0.745. The highest BCUT2D eigenvalue weighted by Crippen LogP contribution is 2.27. The molecule has 1 aromatic carbocycles. The minimum absolute atomic E-state index is 0.907. The van der Waals surface area contributed by atoms with Crippen LogP contribution in [0.2, 0.25) is 0 Å². The fourth-order valence-electron chi connectivity index (χ4n) is 1.99. The van der Waals surface area contributed by atoms with Gasteiger partial charge in [0, 0.05) is 13.1 Å². The van der Waals surface area contributed by atoms with Crippen LogP contribution in [-0.2, 0) is 0 Å². The van der Waals surface area contributed by atoms with Crippen molar-refractivity contribution >= 4 is 11.4 Å². The summed E-state index contributed by atoms with van der Waals surface area (Å²) in [7, 11) is 0. The number of hydrogen-bond donors (Lipinski definition) is 1. The van der Waals surface area contributed by atoms with Crippen molar-refractivity contribution in [3.8, 4) is 0 Å². The Morgan fingerprint density at radius 3 is 2.00 bits per heavy atom. The van der Waals surface area contributed by atoms with Gasteiger partial charge in [-0.05, 0) is 49.9 Å². The van der Waals surface area contributed by atoms with E-state index in [1.165, 1.54) is 16.8 Å². The Balaban J connectivity index is 3.03. The largest absolute Gasteiger partial charge is 0.397 e. The normalized spacial score (nSPS) is 10.5. The van der Waals surface area contributed by atoms with Crippen molar-refractivity contribution in [3.63, 3.8) is 0 Å². The van der Waals surface area contributed by atoms with Crippen LogP contribution in [-0.4, -0.2) is 13.1 Å². The quantitative estimate of drug-likeness (QED) is 0.769. The molecule has 0 radical (unpaired) electrons. The van der Waals surface area contributed by atoms with Crippen LogP contribution in [0.25, 0.3) is 0 Å². The summed E-state index contributed by atoms with van der Waals surface area (Å²) in [5.41, 5.74) is 10.8. The molecular formula is C14H24N2. The molecule has 2 N–H and O–H groups in total. The predicted molar refractivity (Wildman–Crippen MR) is 73.1 cm³/mol. The third-order valence-electron chi connectivity index (χ3n) is 2.97. The van der Waals surface area contributed by atoms with Crippen LogP contribution in [0.15, 0.2) is 12.1 Å². The summed E-state index contributed by atoms with van der Waals surface area (Å²) in [6, 6.07) is 4.30. The Bertz CT molecular complexity index is 339. The number of rotatable bonds is 5. The second-order valence-corrected chi connectivity index (χ2v) is 4.48. The molecule has 0 bridgehead atoms. The number of aryl methyl sites for hydroxylation is 2. The predicted octanol–water partition coefficient (Wildman–Crippen LogP) is 3.51. The Hall–Kier alpha value is -1.18. The lowest BCUT2D eigenvalue weighted by Crippen LogP contribution is -2.25. The van der Waals surface area contributed by atoms with E-state index >= 15 is 0 Å². The molecule has 0 amide bonds. The van der Waals surface area contributed by atoms with Gasteiger partial charge in [0.05, 0.1) is 11.4 Å². The minimum Gasteiger partial charge on any atom is -0.397 e. The molecule has 1 rings (SSSR count). The highest BCUT2D eigenvalue weighted by atomic mass is 15.1. The van der Waals surface area contributed by atoms with Gasteiger partial charge in [0.15, 0.2) is 0 Å². The maximum Gasteiger partial charge on any atom is 0.0602 e. The summed E-state index contributed by atoms with van der Waals surface area (Å²) in [5.74, 6) is 0. The van der Waals surface area contributed by atoms with Crippen molar-refractivity contribution in [2.75, 3.05) is 23.7 Å². The number of nitrogens with two attached hydrogens (primary N) is 1. The summed E-state index contributed by atoms with van der Waals surface area (Å²) >= 11 is 0. The summed E-state index contributed by atoms with van der Waals surface area (Å²) < 4.78 is 0. The molecule has 16 heavy (non-hydrogen) atoms. The van der Waals surface area contributed by atoms with Crippen LogP contribution >= 0.6 is 0 Å². The third-order valence-corrected chi connectivity index (χ3v) is 2.97. The topological polar surface area (TPSA) is 29.3 Å². The molecule has 90 valence electrons. The summed E-state index contributed by atoms with van der Waals surface area (Å²) in [6.45, 7) is 10.8. The maximum absolute atomic E-state index is 6.11. The van der Waals surface area contributed by atoms with Gasteiger partial charge in [0.25, 0.3) is 0 Å². The Morgan fingerprint density at radius 2 is 1.50 bits per heavy atom. The molecule has 0 spiro atoms. The molecule has 0 aliphatic heterocycles. The number of nitrogen functional groups attached to an aromatic ring is 1. The zero-order valence-electron chi connectivity index (χ0n) is 11.0. The van der Waals surface area contributed by atoms with E-state index < -0.39 is 0 Å². The highest BCUT2D eigenvalue weighted by molar-refractivity contribution is 5.70. The van der Waals surface area contributed by atoms with Gasteiger partial charge in [0.1, 0.15) is 0 Å². The number of anilines is 2. The van der Waals surface area contributed by atoms with Crippen LogP contribution in [0.1, 0.15) is 37.8 Å². The zero-order chi connectivity index (χ0) is 12.1. The fraction of sp³-hybridized carbons (Fsp3) is 0.571. The maximum atomic E-state index is 6.11. The van der Waals surface area contributed by atoms with Crippen LogP contribution in [0.3, 0.4) is 0 Å². The molecule has 0 saturated heterocycles. The Kier molecular flexibility index (Phi) is 4.66. The first kappa shape index (κ1) is 12.9. The van der Waals surface area contributed by atoms with E-state index in [4.69, 9.17) is 5.73 Å². The molecule has 2 heteroatoms. The van der Waals surface area contributed by atoms with Gasteiger partial charge < -0.3 is 10.6 Å². The van der Waals surface area contributed by atoms with Crippen molar-refractivity contribution in [2.24, 2.45) is 0 Å². The molecular weight excluding hydrogens is 196 g/mol. The molecule has 0 aliphatic carbocycles. The van der Waals surface area contributed by atoms with E-state index in [9.17, 15) is 0 Å². The van der Waals surface area contributed by atoms with Crippen LogP contribution in [0, 0.1) is 13.8 Å². The molecule has 0 saturated carbocycles. The van der Waals surface area contributed by atoms with Gasteiger partial charge in [-0.2, -0.15) is 0 Å². The Morgan fingerprint density at radius 1 is 1.00 bits per heavy atom. The molecule has 0 fully saturated rings. The van der Waals surface area contributed by atoms with E-state index in [0.29, 0.717) is 0 Å². The van der Waals surface area contributed by atoms with Crippen molar-refractivity contribution in [1.29, 1.82) is 0 Å². The van der Waals surface area contributed by atoms with E-state index in [0.717, 1.165) is 31.6 Å². The molecule has 0 heterocycles.